The van der Waals surface area contributed by atoms with Crippen LogP contribution >= 0.6 is 8.46 Å². The van der Waals surface area contributed by atoms with E-state index in [2.05, 4.69) is 24.3 Å². The molecule has 17 heavy (non-hydrogen) atoms. The van der Waals surface area contributed by atoms with Crippen LogP contribution in [0.5, 0.6) is 0 Å². The van der Waals surface area contributed by atoms with Crippen LogP contribution in [0.4, 0.5) is 0 Å². The van der Waals surface area contributed by atoms with Gasteiger partial charge in [0.1, 0.15) is 0 Å². The summed E-state index contributed by atoms with van der Waals surface area (Å²) in [5.74, 6) is 1.82. The van der Waals surface area contributed by atoms with Gasteiger partial charge in [0.05, 0.1) is 0 Å². The van der Waals surface area contributed by atoms with Crippen molar-refractivity contribution in [3.8, 4) is 0 Å². The van der Waals surface area contributed by atoms with E-state index < -0.39 is 0 Å². The molecule has 0 radical (unpaired) electrons. The van der Waals surface area contributed by atoms with Crippen molar-refractivity contribution in [1.82, 2.24) is 0 Å². The Morgan fingerprint density at radius 1 is 0.824 bits per heavy atom. The summed E-state index contributed by atoms with van der Waals surface area (Å²) in [4.78, 5) is 0. The fraction of sp³-hybridized carbons (Fsp3) is 0.0667. The molecule has 0 aliphatic heterocycles. The van der Waals surface area contributed by atoms with Crippen LogP contribution in [0.3, 0.4) is 0 Å². The van der Waals surface area contributed by atoms with Crippen molar-refractivity contribution in [2.24, 2.45) is 0 Å². The molecule has 2 aromatic rings. The van der Waals surface area contributed by atoms with Gasteiger partial charge in [-0.1, -0.05) is 66.7 Å². The molecule has 0 saturated carbocycles. The quantitative estimate of drug-likeness (QED) is 0.712. The van der Waals surface area contributed by atoms with E-state index in [9.17, 15) is 4.57 Å². The molecule has 0 saturated heterocycles. The molecule has 0 aromatic heterocycles. The Bertz CT molecular complexity index is 451. The van der Waals surface area contributed by atoms with Gasteiger partial charge < -0.3 is 0 Å². The molecule has 2 rings (SSSR count). The van der Waals surface area contributed by atoms with Crippen LogP contribution in [0.25, 0.3) is 0 Å². The highest BCUT2D eigenvalue weighted by atomic mass is 31.1. The topological polar surface area (TPSA) is 17.1 Å². The van der Waals surface area contributed by atoms with E-state index in [0.717, 1.165) is 0 Å². The Morgan fingerprint density at radius 2 is 1.29 bits per heavy atom. The lowest BCUT2D eigenvalue weighted by molar-refractivity contribution is 0.602. The second-order valence-electron chi connectivity index (χ2n) is 3.75. The van der Waals surface area contributed by atoms with Gasteiger partial charge in [0.25, 0.3) is 0 Å². The van der Waals surface area contributed by atoms with Crippen LogP contribution in [0.1, 0.15) is 17.0 Å². The first kappa shape index (κ1) is 11.8. The summed E-state index contributed by atoms with van der Waals surface area (Å²) in [6, 6.07) is 20.4. The summed E-state index contributed by atoms with van der Waals surface area (Å²) in [6.45, 7) is 0. The lowest BCUT2D eigenvalue weighted by Crippen LogP contribution is -1.96. The predicted molar refractivity (Wildman–Crippen MR) is 71.5 cm³/mol. The molecule has 0 bridgehead atoms. The molecular weight excluding hydrogens is 227 g/mol. The van der Waals surface area contributed by atoms with Crippen molar-refractivity contribution < 1.29 is 4.57 Å². The number of hydrogen-bond acceptors (Lipinski definition) is 1. The van der Waals surface area contributed by atoms with Crippen LogP contribution < -0.4 is 0 Å². The highest BCUT2D eigenvalue weighted by molar-refractivity contribution is 7.27. The predicted octanol–water partition coefficient (Wildman–Crippen LogP) is 4.62. The Labute approximate surface area is 103 Å². The maximum absolute atomic E-state index is 10.6. The van der Waals surface area contributed by atoms with E-state index in [-0.39, 0.29) is 14.4 Å². The van der Waals surface area contributed by atoms with Gasteiger partial charge in [0.15, 0.2) is 8.46 Å². The zero-order valence-corrected chi connectivity index (χ0v) is 10.3. The molecule has 0 amide bonds. The lowest BCUT2D eigenvalue weighted by atomic mass is 9.92. The Hall–Kier alpha value is -1.72. The highest BCUT2D eigenvalue weighted by Crippen LogP contribution is 2.26. The van der Waals surface area contributed by atoms with Gasteiger partial charge >= 0.3 is 0 Å². The Kier molecular flexibility index (Phi) is 4.23. The summed E-state index contributed by atoms with van der Waals surface area (Å²) < 4.78 is 10.6. The first-order valence-electron chi connectivity index (χ1n) is 5.51. The third-order valence-corrected chi connectivity index (χ3v) is 2.95. The molecule has 0 fully saturated rings. The lowest BCUT2D eigenvalue weighted by Gasteiger charge is -2.13. The molecule has 1 nitrogen and oxygen atoms in total. The second kappa shape index (κ2) is 6.12. The average molecular weight is 240 g/mol. The van der Waals surface area contributed by atoms with Gasteiger partial charge in [0, 0.05) is 11.7 Å². The van der Waals surface area contributed by atoms with E-state index in [1.54, 1.807) is 5.82 Å². The Morgan fingerprint density at radius 3 is 1.71 bits per heavy atom. The SMILES string of the molecule is O=PC=CC(c1ccccc1)c1ccccc1. The summed E-state index contributed by atoms with van der Waals surface area (Å²) in [5, 5.41) is 0. The molecule has 2 heteroatoms. The summed E-state index contributed by atoms with van der Waals surface area (Å²) in [6.07, 6.45) is 1.97. The fourth-order valence-corrected chi connectivity index (χ4v) is 2.10. The maximum Gasteiger partial charge on any atom is 0.183 e. The van der Waals surface area contributed by atoms with Crippen LogP contribution in [0.2, 0.25) is 0 Å². The van der Waals surface area contributed by atoms with E-state index in [1.807, 2.05) is 42.5 Å². The molecule has 0 aliphatic carbocycles. The van der Waals surface area contributed by atoms with Gasteiger partial charge in [-0.2, -0.15) is 0 Å². The largest absolute Gasteiger partial charge is 0.270 e. The van der Waals surface area contributed by atoms with Crippen LogP contribution in [0.15, 0.2) is 72.6 Å². The zero-order chi connectivity index (χ0) is 11.9. The van der Waals surface area contributed by atoms with Crippen molar-refractivity contribution >= 4 is 8.46 Å². The summed E-state index contributed by atoms with van der Waals surface area (Å²) in [7, 11) is 0.0493. The summed E-state index contributed by atoms with van der Waals surface area (Å²) in [5.41, 5.74) is 2.41. The van der Waals surface area contributed by atoms with Crippen LogP contribution in [-0.2, 0) is 4.57 Å². The minimum atomic E-state index is 0.0493. The number of benzene rings is 2. The van der Waals surface area contributed by atoms with E-state index in [4.69, 9.17) is 0 Å². The molecule has 0 heterocycles. The second-order valence-corrected chi connectivity index (χ2v) is 4.25. The van der Waals surface area contributed by atoms with E-state index >= 15 is 0 Å². The van der Waals surface area contributed by atoms with Gasteiger partial charge in [0.2, 0.25) is 0 Å². The molecule has 0 N–H and O–H groups in total. The highest BCUT2D eigenvalue weighted by Gasteiger charge is 2.09. The minimum absolute atomic E-state index is 0.0493. The van der Waals surface area contributed by atoms with Crippen molar-refractivity contribution in [2.45, 2.75) is 5.92 Å². The molecule has 0 aliphatic rings. The van der Waals surface area contributed by atoms with Gasteiger partial charge in [-0.3, -0.25) is 4.57 Å². The molecule has 2 aromatic carbocycles. The first-order chi connectivity index (χ1) is 8.42. The van der Waals surface area contributed by atoms with Crippen LogP contribution in [-0.4, -0.2) is 0 Å². The normalized spacial score (nSPS) is 11.4. The fourth-order valence-electron chi connectivity index (χ4n) is 1.86. The third-order valence-electron chi connectivity index (χ3n) is 2.66. The summed E-state index contributed by atoms with van der Waals surface area (Å²) >= 11 is 0. The molecular formula is C15H13OP. The van der Waals surface area contributed by atoms with Crippen molar-refractivity contribution in [2.75, 3.05) is 0 Å². The third kappa shape index (κ3) is 3.12. The first-order valence-corrected chi connectivity index (χ1v) is 6.39. The number of rotatable bonds is 4. The Balaban J connectivity index is 2.39. The molecule has 0 spiro atoms. The molecule has 84 valence electrons. The van der Waals surface area contributed by atoms with Gasteiger partial charge in [-0.05, 0) is 11.1 Å². The smallest absolute Gasteiger partial charge is 0.183 e. The standard InChI is InChI=1S/C15H13OP/c16-17-12-11-15(13-7-3-1-4-8-13)14-9-5-2-6-10-14/h1-12,15H. The van der Waals surface area contributed by atoms with Crippen LogP contribution in [0, 0.1) is 0 Å². The van der Waals surface area contributed by atoms with Crippen molar-refractivity contribution in [3.63, 3.8) is 0 Å². The average Bonchev–Trinajstić information content (AvgIpc) is 2.42. The van der Waals surface area contributed by atoms with Gasteiger partial charge in [-0.15, -0.1) is 0 Å². The van der Waals surface area contributed by atoms with E-state index in [1.165, 1.54) is 11.1 Å². The molecule has 0 atom stereocenters. The van der Waals surface area contributed by atoms with Crippen molar-refractivity contribution in [3.05, 3.63) is 83.7 Å². The molecule has 0 unspecified atom stereocenters. The monoisotopic (exact) mass is 240 g/mol. The zero-order valence-electron chi connectivity index (χ0n) is 9.36. The van der Waals surface area contributed by atoms with Crippen molar-refractivity contribution in [1.29, 1.82) is 0 Å². The maximum atomic E-state index is 10.6. The number of hydrogen-bond donors (Lipinski definition) is 0. The van der Waals surface area contributed by atoms with Gasteiger partial charge in [-0.25, -0.2) is 0 Å². The number of allylic oxidation sites excluding steroid dienone is 1. The van der Waals surface area contributed by atoms with E-state index in [0.29, 0.717) is 0 Å². The minimum Gasteiger partial charge on any atom is -0.270 e.